The minimum Gasteiger partial charge on any atom is -0.258 e. The molecule has 0 saturated heterocycles. The highest BCUT2D eigenvalue weighted by atomic mass is 127. The second kappa shape index (κ2) is 3.95. The lowest BCUT2D eigenvalue weighted by Gasteiger charge is -2.21. The highest BCUT2D eigenvalue weighted by Gasteiger charge is 2.21. The van der Waals surface area contributed by atoms with E-state index in [4.69, 9.17) is 0 Å². The molecule has 0 aromatic rings. The van der Waals surface area contributed by atoms with Gasteiger partial charge in [0.25, 0.3) is 0 Å². The molecule has 0 unspecified atom stereocenters. The lowest BCUT2D eigenvalue weighted by molar-refractivity contribution is 0.444. The van der Waals surface area contributed by atoms with Gasteiger partial charge >= 0.3 is 10.2 Å². The molecule has 1 heterocycles. The summed E-state index contributed by atoms with van der Waals surface area (Å²) in [5.74, 6) is 0.295. The third kappa shape index (κ3) is 2.94. The zero-order chi connectivity index (χ0) is 10.1. The van der Waals surface area contributed by atoms with Crippen LogP contribution in [0, 0.1) is 5.92 Å². The Morgan fingerprint density at radius 2 is 2.23 bits per heavy atom. The zero-order valence-corrected chi connectivity index (χ0v) is 10.4. The van der Waals surface area contributed by atoms with E-state index in [-0.39, 0.29) is 0 Å². The molecule has 6 heteroatoms. The number of halogens is 1. The van der Waals surface area contributed by atoms with E-state index in [0.717, 1.165) is 3.58 Å². The summed E-state index contributed by atoms with van der Waals surface area (Å²) in [7, 11) is -3.43. The number of nitrogens with zero attached hydrogens (tertiary/aromatic N) is 2. The smallest absolute Gasteiger partial charge is 0.258 e. The average Bonchev–Trinajstić information content (AvgIpc) is 1.97. The van der Waals surface area contributed by atoms with Crippen LogP contribution in [0.2, 0.25) is 0 Å². The van der Waals surface area contributed by atoms with Crippen LogP contribution in [0.5, 0.6) is 0 Å². The van der Waals surface area contributed by atoms with Crippen LogP contribution in [-0.4, -0.2) is 25.5 Å². The van der Waals surface area contributed by atoms with Crippen molar-refractivity contribution in [2.45, 2.75) is 13.8 Å². The quantitative estimate of drug-likeness (QED) is 0.726. The van der Waals surface area contributed by atoms with Crippen molar-refractivity contribution in [3.63, 3.8) is 0 Å². The van der Waals surface area contributed by atoms with Gasteiger partial charge < -0.3 is 0 Å². The van der Waals surface area contributed by atoms with Crippen molar-refractivity contribution in [2.24, 2.45) is 10.3 Å². The lowest BCUT2D eigenvalue weighted by atomic mass is 10.2. The molecular weight excluding hydrogens is 303 g/mol. The van der Waals surface area contributed by atoms with Crippen molar-refractivity contribution in [3.05, 3.63) is 9.78 Å². The molecule has 1 aliphatic rings. The molecular formula is C7H11IN2O2S. The van der Waals surface area contributed by atoms with Gasteiger partial charge in [-0.1, -0.05) is 13.8 Å². The summed E-state index contributed by atoms with van der Waals surface area (Å²) in [4.78, 5) is 0. The molecule has 1 rings (SSSR count). The normalized spacial score (nSPS) is 20.6. The topological polar surface area (TPSA) is 49.7 Å². The molecule has 0 spiro atoms. The average molecular weight is 314 g/mol. The fourth-order valence-electron chi connectivity index (χ4n) is 0.922. The summed E-state index contributed by atoms with van der Waals surface area (Å²) in [5, 5.41) is 0. The van der Waals surface area contributed by atoms with Crippen molar-refractivity contribution >= 4 is 39.0 Å². The molecule has 0 aliphatic carbocycles. The standard InChI is InChI=1S/C7H11IN2O2S/c1-6(2)4-10-5-7(8)3-9-13(10,11)12/h3,5-6H,4H2,1-2H3. The first-order valence-electron chi connectivity index (χ1n) is 3.86. The van der Waals surface area contributed by atoms with Crippen molar-refractivity contribution in [1.29, 1.82) is 0 Å². The first-order chi connectivity index (χ1) is 5.92. The monoisotopic (exact) mass is 314 g/mol. The summed E-state index contributed by atoms with van der Waals surface area (Å²) >= 11 is 2.04. The summed E-state index contributed by atoms with van der Waals surface area (Å²) < 4.78 is 28.3. The largest absolute Gasteiger partial charge is 0.344 e. The van der Waals surface area contributed by atoms with Gasteiger partial charge in [-0.2, -0.15) is 12.8 Å². The van der Waals surface area contributed by atoms with Crippen LogP contribution in [0.3, 0.4) is 0 Å². The van der Waals surface area contributed by atoms with Gasteiger partial charge in [0, 0.05) is 16.3 Å². The maximum absolute atomic E-state index is 11.3. The van der Waals surface area contributed by atoms with Crippen LogP contribution in [0.4, 0.5) is 0 Å². The summed E-state index contributed by atoms with van der Waals surface area (Å²) in [6, 6.07) is 0. The molecule has 0 atom stereocenters. The predicted octanol–water partition coefficient (Wildman–Crippen LogP) is 1.55. The van der Waals surface area contributed by atoms with Gasteiger partial charge in [0.2, 0.25) is 0 Å². The SMILES string of the molecule is CC(C)CN1C=C(I)C=NS1(=O)=O. The van der Waals surface area contributed by atoms with E-state index in [1.165, 1.54) is 10.5 Å². The predicted molar refractivity (Wildman–Crippen MR) is 61.1 cm³/mol. The first kappa shape index (κ1) is 11.0. The number of rotatable bonds is 2. The van der Waals surface area contributed by atoms with Crippen LogP contribution in [0.15, 0.2) is 14.2 Å². The second-order valence-corrected chi connectivity index (χ2v) is 6.01. The van der Waals surface area contributed by atoms with Gasteiger partial charge in [0.05, 0.1) is 6.21 Å². The van der Waals surface area contributed by atoms with Gasteiger partial charge in [0.15, 0.2) is 0 Å². The number of allylic oxidation sites excluding steroid dienone is 1. The van der Waals surface area contributed by atoms with Gasteiger partial charge in [-0.15, -0.1) is 0 Å². The van der Waals surface area contributed by atoms with Crippen molar-refractivity contribution in [2.75, 3.05) is 6.54 Å². The minimum atomic E-state index is -3.43. The fraction of sp³-hybridized carbons (Fsp3) is 0.571. The van der Waals surface area contributed by atoms with Crippen LogP contribution >= 0.6 is 22.6 Å². The molecule has 0 fully saturated rings. The molecule has 13 heavy (non-hydrogen) atoms. The zero-order valence-electron chi connectivity index (χ0n) is 7.44. The lowest BCUT2D eigenvalue weighted by Crippen LogP contribution is -2.30. The van der Waals surface area contributed by atoms with E-state index in [9.17, 15) is 8.42 Å². The van der Waals surface area contributed by atoms with E-state index in [0.29, 0.717) is 12.5 Å². The Kier molecular flexibility index (Phi) is 3.33. The molecule has 4 nitrogen and oxygen atoms in total. The summed E-state index contributed by atoms with van der Waals surface area (Å²) in [6.07, 6.45) is 2.95. The van der Waals surface area contributed by atoms with E-state index in [1.54, 1.807) is 6.20 Å². The van der Waals surface area contributed by atoms with Crippen LogP contribution in [0.25, 0.3) is 0 Å². The van der Waals surface area contributed by atoms with Gasteiger partial charge in [-0.25, -0.2) is 0 Å². The van der Waals surface area contributed by atoms with Gasteiger partial charge in [0.1, 0.15) is 0 Å². The Balaban J connectivity index is 2.89. The Morgan fingerprint density at radius 3 is 2.77 bits per heavy atom. The van der Waals surface area contributed by atoms with E-state index in [1.807, 2.05) is 36.4 Å². The van der Waals surface area contributed by atoms with Crippen LogP contribution < -0.4 is 0 Å². The summed E-state index contributed by atoms with van der Waals surface area (Å²) in [6.45, 7) is 4.41. The van der Waals surface area contributed by atoms with Crippen LogP contribution in [0.1, 0.15) is 13.8 Å². The Labute approximate surface area is 92.0 Å². The molecule has 0 saturated carbocycles. The molecule has 0 aromatic heterocycles. The third-order valence-corrected chi connectivity index (χ3v) is 3.19. The van der Waals surface area contributed by atoms with Gasteiger partial charge in [-0.05, 0) is 28.5 Å². The highest BCUT2D eigenvalue weighted by molar-refractivity contribution is 14.1. The highest BCUT2D eigenvalue weighted by Crippen LogP contribution is 2.17. The van der Waals surface area contributed by atoms with Crippen molar-refractivity contribution < 1.29 is 8.42 Å². The Hall–Kier alpha value is -0.110. The molecule has 74 valence electrons. The fourth-order valence-corrected chi connectivity index (χ4v) is 2.88. The molecule has 0 N–H and O–H groups in total. The van der Waals surface area contributed by atoms with Crippen molar-refractivity contribution in [3.8, 4) is 0 Å². The van der Waals surface area contributed by atoms with Crippen LogP contribution in [-0.2, 0) is 10.2 Å². The molecule has 0 amide bonds. The second-order valence-electron chi connectivity index (χ2n) is 3.19. The molecule has 0 bridgehead atoms. The van der Waals surface area contributed by atoms with E-state index in [2.05, 4.69) is 4.40 Å². The number of hydrogen-bond acceptors (Lipinski definition) is 2. The van der Waals surface area contributed by atoms with Crippen molar-refractivity contribution in [1.82, 2.24) is 4.31 Å². The Bertz CT molecular complexity index is 346. The molecule has 0 aromatic carbocycles. The molecule has 1 aliphatic heterocycles. The number of hydrogen-bond donors (Lipinski definition) is 0. The minimum absolute atomic E-state index is 0.295. The van der Waals surface area contributed by atoms with Gasteiger partial charge in [-0.3, -0.25) is 4.31 Å². The maximum atomic E-state index is 11.3. The molecule has 0 radical (unpaired) electrons. The third-order valence-electron chi connectivity index (χ3n) is 1.42. The first-order valence-corrected chi connectivity index (χ1v) is 6.34. The Morgan fingerprint density at radius 1 is 1.62 bits per heavy atom. The summed E-state index contributed by atoms with van der Waals surface area (Å²) in [5.41, 5.74) is 0. The van der Waals surface area contributed by atoms with E-state index < -0.39 is 10.2 Å². The maximum Gasteiger partial charge on any atom is 0.344 e. The van der Waals surface area contributed by atoms with E-state index >= 15 is 0 Å².